The highest BCUT2D eigenvalue weighted by Crippen LogP contribution is 2.09. The lowest BCUT2D eigenvalue weighted by Crippen LogP contribution is -2.43. The van der Waals surface area contributed by atoms with Gasteiger partial charge in [0.05, 0.1) is 4.99 Å². The zero-order valence-corrected chi connectivity index (χ0v) is 18.0. The molecule has 1 amide bonds. The van der Waals surface area contributed by atoms with Gasteiger partial charge in [0.15, 0.2) is 0 Å². The number of nitrogens with one attached hydrogen (secondary N) is 2. The second kappa shape index (κ2) is 11.6. The molecule has 0 saturated carbocycles. The van der Waals surface area contributed by atoms with Crippen LogP contribution in [0, 0.1) is 6.92 Å². The molecule has 0 aliphatic rings. The number of benzene rings is 1. The van der Waals surface area contributed by atoms with Gasteiger partial charge in [0, 0.05) is 13.0 Å². The van der Waals surface area contributed by atoms with Crippen LogP contribution in [-0.4, -0.2) is 40.3 Å². The van der Waals surface area contributed by atoms with Crippen LogP contribution in [0.5, 0.6) is 0 Å². The molecule has 1 unspecified atom stereocenters. The fourth-order valence-electron chi connectivity index (χ4n) is 2.51. The van der Waals surface area contributed by atoms with E-state index in [1.54, 1.807) is 20.8 Å². The van der Waals surface area contributed by atoms with Crippen LogP contribution in [0.4, 0.5) is 4.79 Å². The number of thiocarbonyl (C=S) groups is 1. The third-order valence-electron chi connectivity index (χ3n) is 3.99. The minimum Gasteiger partial charge on any atom is -0.480 e. The van der Waals surface area contributed by atoms with E-state index in [2.05, 4.69) is 41.8 Å². The Kier molecular flexibility index (Phi) is 9.93. The predicted octanol–water partition coefficient (Wildman–Crippen LogP) is 3.99. The summed E-state index contributed by atoms with van der Waals surface area (Å²) in [5.41, 5.74) is 1.84. The van der Waals surface area contributed by atoms with Gasteiger partial charge >= 0.3 is 12.1 Å². The molecule has 0 aliphatic carbocycles. The average Bonchev–Trinajstić information content (AvgIpc) is 2.58. The van der Waals surface area contributed by atoms with E-state index in [0.29, 0.717) is 19.4 Å². The maximum atomic E-state index is 11.7. The third-order valence-corrected chi connectivity index (χ3v) is 4.34. The number of ether oxygens (including phenoxy) is 1. The van der Waals surface area contributed by atoms with Crippen molar-refractivity contribution in [2.75, 3.05) is 6.54 Å². The van der Waals surface area contributed by atoms with E-state index in [9.17, 15) is 14.7 Å². The molecule has 6 nitrogen and oxygen atoms in total. The number of rotatable bonds is 10. The Hall–Kier alpha value is -2.15. The maximum absolute atomic E-state index is 11.7. The standard InChI is InChI=1S/C21H32N2O4S/c1-15-8-10-16(11-9-15)12-13-18(28)22-14-6-5-7-17(19(24)25)23-20(26)27-21(2,3)4/h8-11,17H,5-7,12-14H2,1-4H3,(H,22,28)(H,23,26)(H,24,25). The average molecular weight is 409 g/mol. The van der Waals surface area contributed by atoms with Gasteiger partial charge in [-0.2, -0.15) is 0 Å². The number of alkyl carbamates (subject to hydrolysis) is 1. The van der Waals surface area contributed by atoms with E-state index in [-0.39, 0.29) is 0 Å². The van der Waals surface area contributed by atoms with Crippen LogP contribution in [0.2, 0.25) is 0 Å². The monoisotopic (exact) mass is 408 g/mol. The highest BCUT2D eigenvalue weighted by molar-refractivity contribution is 7.80. The summed E-state index contributed by atoms with van der Waals surface area (Å²) in [5, 5.41) is 14.9. The third kappa shape index (κ3) is 10.9. The van der Waals surface area contributed by atoms with Gasteiger partial charge in [-0.25, -0.2) is 9.59 Å². The molecule has 0 aromatic heterocycles. The molecule has 0 heterocycles. The van der Waals surface area contributed by atoms with Gasteiger partial charge in [0.1, 0.15) is 11.6 Å². The van der Waals surface area contributed by atoms with Crippen molar-refractivity contribution in [3.8, 4) is 0 Å². The highest BCUT2D eigenvalue weighted by Gasteiger charge is 2.23. The molecule has 156 valence electrons. The van der Waals surface area contributed by atoms with Crippen molar-refractivity contribution in [3.05, 3.63) is 35.4 Å². The number of amides is 1. The Bertz CT molecular complexity index is 653. The van der Waals surface area contributed by atoms with Crippen molar-refractivity contribution in [2.24, 2.45) is 0 Å². The maximum Gasteiger partial charge on any atom is 0.408 e. The normalized spacial score (nSPS) is 12.1. The number of carbonyl (C=O) groups excluding carboxylic acids is 1. The number of hydrogen-bond donors (Lipinski definition) is 3. The minimum atomic E-state index is -1.06. The summed E-state index contributed by atoms with van der Waals surface area (Å²) in [6.45, 7) is 7.95. The SMILES string of the molecule is Cc1ccc(CCC(=S)NCCCCC(NC(=O)OC(C)(C)C)C(=O)O)cc1. The molecule has 0 radical (unpaired) electrons. The van der Waals surface area contributed by atoms with E-state index in [1.807, 2.05) is 0 Å². The summed E-state index contributed by atoms with van der Waals surface area (Å²) in [7, 11) is 0. The number of carboxylic acid groups (broad SMARTS) is 1. The molecule has 0 spiro atoms. The Labute approximate surface area is 173 Å². The van der Waals surface area contributed by atoms with Crippen molar-refractivity contribution in [1.82, 2.24) is 10.6 Å². The first-order valence-corrected chi connectivity index (χ1v) is 10.0. The van der Waals surface area contributed by atoms with Crippen molar-refractivity contribution in [3.63, 3.8) is 0 Å². The first-order valence-electron chi connectivity index (χ1n) is 9.61. The molecule has 7 heteroatoms. The Morgan fingerprint density at radius 2 is 1.82 bits per heavy atom. The molecule has 0 bridgehead atoms. The van der Waals surface area contributed by atoms with E-state index in [1.165, 1.54) is 11.1 Å². The van der Waals surface area contributed by atoms with Gasteiger partial charge in [-0.1, -0.05) is 42.0 Å². The van der Waals surface area contributed by atoms with E-state index >= 15 is 0 Å². The second-order valence-electron chi connectivity index (χ2n) is 7.87. The largest absolute Gasteiger partial charge is 0.480 e. The first-order chi connectivity index (χ1) is 13.1. The van der Waals surface area contributed by atoms with Gasteiger partial charge in [0.2, 0.25) is 0 Å². The zero-order chi connectivity index (χ0) is 21.2. The predicted molar refractivity (Wildman–Crippen MR) is 115 cm³/mol. The molecule has 1 atom stereocenters. The fourth-order valence-corrected chi connectivity index (χ4v) is 2.71. The summed E-state index contributed by atoms with van der Waals surface area (Å²) < 4.78 is 5.10. The molecular weight excluding hydrogens is 376 g/mol. The molecule has 1 rings (SSSR count). The molecular formula is C21H32N2O4S. The molecule has 28 heavy (non-hydrogen) atoms. The van der Waals surface area contributed by atoms with Crippen LogP contribution in [-0.2, 0) is 16.0 Å². The number of hydrogen-bond acceptors (Lipinski definition) is 4. The quantitative estimate of drug-likeness (QED) is 0.401. The van der Waals surface area contributed by atoms with Crippen LogP contribution < -0.4 is 10.6 Å². The van der Waals surface area contributed by atoms with Gasteiger partial charge in [-0.15, -0.1) is 0 Å². The highest BCUT2D eigenvalue weighted by atomic mass is 32.1. The van der Waals surface area contributed by atoms with Crippen molar-refractivity contribution >= 4 is 29.3 Å². The van der Waals surface area contributed by atoms with Crippen LogP contribution in [0.3, 0.4) is 0 Å². The van der Waals surface area contributed by atoms with Crippen LogP contribution >= 0.6 is 12.2 Å². The molecule has 0 saturated heterocycles. The first kappa shape index (κ1) is 23.9. The lowest BCUT2D eigenvalue weighted by molar-refractivity contribution is -0.139. The Morgan fingerprint density at radius 1 is 1.18 bits per heavy atom. The van der Waals surface area contributed by atoms with E-state index in [4.69, 9.17) is 17.0 Å². The van der Waals surface area contributed by atoms with E-state index < -0.39 is 23.7 Å². The number of carbonyl (C=O) groups is 2. The lowest BCUT2D eigenvalue weighted by atomic mass is 10.1. The topological polar surface area (TPSA) is 87.7 Å². The lowest BCUT2D eigenvalue weighted by Gasteiger charge is -2.22. The summed E-state index contributed by atoms with van der Waals surface area (Å²) >= 11 is 5.35. The van der Waals surface area contributed by atoms with E-state index in [0.717, 1.165) is 24.3 Å². The summed E-state index contributed by atoms with van der Waals surface area (Å²) in [5.74, 6) is -1.06. The molecule has 0 aliphatic heterocycles. The summed E-state index contributed by atoms with van der Waals surface area (Å²) in [6, 6.07) is 7.46. The fraction of sp³-hybridized carbons (Fsp3) is 0.571. The summed E-state index contributed by atoms with van der Waals surface area (Å²) in [4.78, 5) is 23.8. The van der Waals surface area contributed by atoms with Gasteiger partial charge in [0.25, 0.3) is 0 Å². The zero-order valence-electron chi connectivity index (χ0n) is 17.2. The number of carboxylic acids is 1. The smallest absolute Gasteiger partial charge is 0.408 e. The number of aryl methyl sites for hydroxylation is 2. The molecule has 1 aromatic rings. The minimum absolute atomic E-state index is 0.340. The van der Waals surface area contributed by atoms with Crippen LogP contribution in [0.15, 0.2) is 24.3 Å². The Balaban J connectivity index is 2.22. The van der Waals surface area contributed by atoms with Crippen LogP contribution in [0.1, 0.15) is 57.6 Å². The van der Waals surface area contributed by atoms with Crippen LogP contribution in [0.25, 0.3) is 0 Å². The van der Waals surface area contributed by atoms with Gasteiger partial charge in [-0.05, 0) is 58.9 Å². The summed E-state index contributed by atoms with van der Waals surface area (Å²) in [6.07, 6.45) is 2.73. The molecule has 1 aromatic carbocycles. The van der Waals surface area contributed by atoms with Crippen molar-refractivity contribution < 1.29 is 19.4 Å². The molecule has 0 fully saturated rings. The second-order valence-corrected chi connectivity index (χ2v) is 8.36. The van der Waals surface area contributed by atoms with Crippen molar-refractivity contribution in [2.45, 2.75) is 71.4 Å². The van der Waals surface area contributed by atoms with Gasteiger partial charge < -0.3 is 20.5 Å². The number of aliphatic carboxylic acids is 1. The Morgan fingerprint density at radius 3 is 2.39 bits per heavy atom. The van der Waals surface area contributed by atoms with Crippen molar-refractivity contribution in [1.29, 1.82) is 0 Å². The number of unbranched alkanes of at least 4 members (excludes halogenated alkanes) is 1. The van der Waals surface area contributed by atoms with Gasteiger partial charge in [-0.3, -0.25) is 0 Å². The molecule has 3 N–H and O–H groups in total.